The molecule has 2 aromatic carbocycles. The topological polar surface area (TPSA) is 78.5 Å². The van der Waals surface area contributed by atoms with E-state index >= 15 is 0 Å². The van der Waals surface area contributed by atoms with E-state index in [1.54, 1.807) is 31.2 Å². The highest BCUT2D eigenvalue weighted by molar-refractivity contribution is 6.01. The van der Waals surface area contributed by atoms with Crippen LogP contribution in [0.25, 0.3) is 0 Å². The predicted molar refractivity (Wildman–Crippen MR) is 128 cm³/mol. The van der Waals surface area contributed by atoms with Gasteiger partial charge in [0.25, 0.3) is 11.8 Å². The van der Waals surface area contributed by atoms with E-state index in [0.717, 1.165) is 18.4 Å². The third-order valence-corrected chi connectivity index (χ3v) is 7.27. The summed E-state index contributed by atoms with van der Waals surface area (Å²) in [7, 11) is 0. The number of nitrogens with one attached hydrogen (secondary N) is 2. The maximum atomic E-state index is 14.1. The normalized spacial score (nSPS) is 21.3. The zero-order chi connectivity index (χ0) is 27.1. The van der Waals surface area contributed by atoms with Crippen molar-refractivity contribution in [3.8, 4) is 0 Å². The monoisotopic (exact) mass is 519 g/mol. The van der Waals surface area contributed by atoms with Crippen molar-refractivity contribution in [3.05, 3.63) is 70.5 Å². The molecule has 0 aromatic heterocycles. The van der Waals surface area contributed by atoms with Gasteiger partial charge in [0, 0.05) is 17.6 Å². The lowest BCUT2D eigenvalue weighted by Gasteiger charge is -2.26. The summed E-state index contributed by atoms with van der Waals surface area (Å²) in [6, 6.07) is 8.38. The molecule has 4 rings (SSSR count). The van der Waals surface area contributed by atoms with Crippen LogP contribution < -0.4 is 10.6 Å². The molecule has 0 spiro atoms. The highest BCUT2D eigenvalue weighted by atomic mass is 19.4. The molecule has 0 radical (unpaired) electrons. The summed E-state index contributed by atoms with van der Waals surface area (Å²) < 4.78 is 53.1. The van der Waals surface area contributed by atoms with Crippen LogP contribution in [-0.4, -0.2) is 40.2 Å². The van der Waals surface area contributed by atoms with Crippen molar-refractivity contribution in [3.63, 3.8) is 0 Å². The van der Waals surface area contributed by atoms with E-state index in [4.69, 9.17) is 0 Å². The minimum Gasteiger partial charge on any atom is -0.348 e. The smallest absolute Gasteiger partial charge is 0.348 e. The van der Waals surface area contributed by atoms with E-state index < -0.39 is 46.5 Å². The Morgan fingerprint density at radius 1 is 1.00 bits per heavy atom. The number of carbonyl (C=O) groups excluding carboxylic acids is 3. The van der Waals surface area contributed by atoms with Gasteiger partial charge in [-0.05, 0) is 82.3 Å². The number of rotatable bonds is 6. The zero-order valence-corrected chi connectivity index (χ0v) is 20.8. The maximum absolute atomic E-state index is 14.1. The van der Waals surface area contributed by atoms with E-state index in [1.165, 1.54) is 0 Å². The van der Waals surface area contributed by atoms with Gasteiger partial charge in [0.2, 0.25) is 5.91 Å². The first kappa shape index (κ1) is 26.6. The molecule has 1 aliphatic carbocycles. The lowest BCUT2D eigenvalue weighted by Crippen LogP contribution is -2.49. The first-order valence-corrected chi connectivity index (χ1v) is 12.3. The fraction of sp³-hybridized carbons (Fsp3) is 0.444. The second-order valence-electron chi connectivity index (χ2n) is 10.0. The van der Waals surface area contributed by atoms with Gasteiger partial charge in [-0.25, -0.2) is 4.39 Å². The molecule has 3 amide bonds. The summed E-state index contributed by atoms with van der Waals surface area (Å²) in [6.07, 6.45) is -2.26. The van der Waals surface area contributed by atoms with Gasteiger partial charge in [0.1, 0.15) is 11.4 Å². The first-order chi connectivity index (χ1) is 17.3. The van der Waals surface area contributed by atoms with Crippen LogP contribution in [-0.2, 0) is 11.0 Å². The van der Waals surface area contributed by atoms with Crippen LogP contribution in [0.1, 0.15) is 84.3 Å². The van der Waals surface area contributed by atoms with E-state index in [2.05, 4.69) is 10.6 Å². The van der Waals surface area contributed by atoms with Crippen molar-refractivity contribution in [2.45, 2.75) is 76.3 Å². The number of hydrogen-bond acceptors (Lipinski definition) is 3. The molecule has 0 bridgehead atoms. The average molecular weight is 520 g/mol. The Morgan fingerprint density at radius 3 is 2.14 bits per heavy atom. The van der Waals surface area contributed by atoms with Gasteiger partial charge < -0.3 is 15.5 Å². The van der Waals surface area contributed by atoms with E-state index in [0.29, 0.717) is 23.8 Å². The average Bonchev–Trinajstić information content (AvgIpc) is 3.55. The molecule has 2 fully saturated rings. The number of halogens is 4. The molecule has 2 N–H and O–H groups in total. The standard InChI is InChI=1S/C27H29F4N3O3/c1-15-4-5-16(2)34(15)24(36)19-8-6-18(7-9-19)17(3)32-25(37)26(12-13-26)33-23(35)21-14-20(27(29,30)31)10-11-22(21)28/h6-11,14-17H,4-5,12-13H2,1-3H3,(H,32,37)(H,33,35)/t15?,16?,17-/m1/s1. The first-order valence-electron chi connectivity index (χ1n) is 12.3. The van der Waals surface area contributed by atoms with Gasteiger partial charge in [-0.2, -0.15) is 13.2 Å². The van der Waals surface area contributed by atoms with Crippen LogP contribution in [0.15, 0.2) is 42.5 Å². The van der Waals surface area contributed by atoms with Gasteiger partial charge in [0.15, 0.2) is 0 Å². The summed E-state index contributed by atoms with van der Waals surface area (Å²) in [6.45, 7) is 5.80. The van der Waals surface area contributed by atoms with Gasteiger partial charge >= 0.3 is 6.18 Å². The van der Waals surface area contributed by atoms with Crippen LogP contribution in [0, 0.1) is 5.82 Å². The highest BCUT2D eigenvalue weighted by Crippen LogP contribution is 2.37. The SMILES string of the molecule is CC1CCC(C)N1C(=O)c1ccc([C@@H](C)NC(=O)C2(NC(=O)c3cc(C(F)(F)F)ccc3F)CC2)cc1. The quantitative estimate of drug-likeness (QED) is 0.528. The lowest BCUT2D eigenvalue weighted by atomic mass is 10.0. The van der Waals surface area contributed by atoms with E-state index in [-0.39, 0.29) is 30.8 Å². The van der Waals surface area contributed by atoms with Crippen LogP contribution in [0.5, 0.6) is 0 Å². The molecule has 198 valence electrons. The summed E-state index contributed by atoms with van der Waals surface area (Å²) in [5.74, 6) is -2.75. The summed E-state index contributed by atoms with van der Waals surface area (Å²) in [4.78, 5) is 40.3. The fourth-order valence-electron chi connectivity index (χ4n) is 4.77. The van der Waals surface area contributed by atoms with Gasteiger partial charge in [-0.3, -0.25) is 14.4 Å². The van der Waals surface area contributed by atoms with Crippen molar-refractivity contribution in [1.29, 1.82) is 0 Å². The van der Waals surface area contributed by atoms with E-state index in [1.807, 2.05) is 18.7 Å². The number of amides is 3. The molecule has 1 saturated carbocycles. The number of nitrogens with zero attached hydrogens (tertiary/aromatic N) is 1. The molecule has 10 heteroatoms. The van der Waals surface area contributed by atoms with Gasteiger partial charge in [-0.1, -0.05) is 12.1 Å². The van der Waals surface area contributed by atoms with Crippen molar-refractivity contribution < 1.29 is 31.9 Å². The third-order valence-electron chi connectivity index (χ3n) is 7.27. The molecule has 2 aliphatic rings. The molecule has 1 aliphatic heterocycles. The molecule has 1 saturated heterocycles. The highest BCUT2D eigenvalue weighted by Gasteiger charge is 2.51. The Hall–Kier alpha value is -3.43. The second kappa shape index (κ2) is 9.79. The molecule has 3 atom stereocenters. The minimum atomic E-state index is -4.74. The number of benzene rings is 2. The number of hydrogen-bond donors (Lipinski definition) is 2. The molecular formula is C27H29F4N3O3. The molecule has 2 unspecified atom stereocenters. The second-order valence-corrected chi connectivity index (χ2v) is 10.0. The predicted octanol–water partition coefficient (Wildman–Crippen LogP) is 5.00. The summed E-state index contributed by atoms with van der Waals surface area (Å²) >= 11 is 0. The number of alkyl halides is 3. The molecule has 2 aromatic rings. The van der Waals surface area contributed by atoms with Crippen LogP contribution in [0.2, 0.25) is 0 Å². The van der Waals surface area contributed by atoms with Crippen molar-refractivity contribution in [1.82, 2.24) is 15.5 Å². The van der Waals surface area contributed by atoms with Crippen molar-refractivity contribution in [2.24, 2.45) is 0 Å². The largest absolute Gasteiger partial charge is 0.416 e. The molecule has 6 nitrogen and oxygen atoms in total. The molecule has 1 heterocycles. The van der Waals surface area contributed by atoms with Crippen molar-refractivity contribution in [2.75, 3.05) is 0 Å². The lowest BCUT2D eigenvalue weighted by molar-refractivity contribution is -0.137. The Kier molecular flexibility index (Phi) is 7.05. The zero-order valence-electron chi connectivity index (χ0n) is 20.8. The number of likely N-dealkylation sites (tertiary alicyclic amines) is 1. The Bertz CT molecular complexity index is 1200. The minimum absolute atomic E-state index is 0.0396. The van der Waals surface area contributed by atoms with Crippen LogP contribution in [0.4, 0.5) is 17.6 Å². The Labute approximate surface area is 212 Å². The Morgan fingerprint density at radius 2 is 1.59 bits per heavy atom. The van der Waals surface area contributed by atoms with Crippen LogP contribution >= 0.6 is 0 Å². The molecular weight excluding hydrogens is 490 g/mol. The number of carbonyl (C=O) groups is 3. The summed E-state index contributed by atoms with van der Waals surface area (Å²) in [5, 5.41) is 5.22. The molecule has 37 heavy (non-hydrogen) atoms. The summed E-state index contributed by atoms with van der Waals surface area (Å²) in [5.41, 5.74) is -1.96. The third kappa shape index (κ3) is 5.47. The van der Waals surface area contributed by atoms with Crippen molar-refractivity contribution >= 4 is 17.7 Å². The Balaban J connectivity index is 1.40. The van der Waals surface area contributed by atoms with Gasteiger partial charge in [-0.15, -0.1) is 0 Å². The van der Waals surface area contributed by atoms with E-state index in [9.17, 15) is 31.9 Å². The van der Waals surface area contributed by atoms with Crippen LogP contribution in [0.3, 0.4) is 0 Å². The van der Waals surface area contributed by atoms with Gasteiger partial charge in [0.05, 0.1) is 17.2 Å². The maximum Gasteiger partial charge on any atom is 0.416 e. The fourth-order valence-corrected chi connectivity index (χ4v) is 4.77.